The van der Waals surface area contributed by atoms with Gasteiger partial charge in [-0.15, -0.1) is 0 Å². The fourth-order valence-electron chi connectivity index (χ4n) is 1.90. The van der Waals surface area contributed by atoms with Crippen LogP contribution in [0.2, 0.25) is 0 Å². The fraction of sp³-hybridized carbons (Fsp3) is 0.333. The van der Waals surface area contributed by atoms with Crippen LogP contribution in [0.3, 0.4) is 0 Å². The molecule has 0 radical (unpaired) electrons. The molecule has 0 spiro atoms. The molecule has 1 aromatic heterocycles. The molecule has 0 atom stereocenters. The number of hydrogen-bond acceptors (Lipinski definition) is 4. The highest BCUT2D eigenvalue weighted by Crippen LogP contribution is 2.15. The van der Waals surface area contributed by atoms with Crippen molar-refractivity contribution in [2.45, 2.75) is 6.42 Å². The third-order valence-corrected chi connectivity index (χ3v) is 2.89. The van der Waals surface area contributed by atoms with Gasteiger partial charge in [-0.1, -0.05) is 30.3 Å². The molecule has 1 aromatic carbocycles. The molecule has 0 aliphatic heterocycles. The molecule has 0 saturated heterocycles. The highest BCUT2D eigenvalue weighted by Gasteiger charge is 2.03. The quantitative estimate of drug-likeness (QED) is 0.787. The van der Waals surface area contributed by atoms with Crippen LogP contribution < -0.4 is 10.9 Å². The number of rotatable bonds is 6. The summed E-state index contributed by atoms with van der Waals surface area (Å²) in [7, 11) is 4.08. The zero-order valence-electron chi connectivity index (χ0n) is 11.9. The standard InChI is InChI=1S/C15H20N4O/c1-19(2)10-6-9-16-15-17-13(11-14(20)18-15)12-7-4-3-5-8-12/h3-5,7-8,11H,6,9-10H2,1-2H3,(H2,16,17,18,20). The van der Waals surface area contributed by atoms with E-state index in [1.807, 2.05) is 44.4 Å². The van der Waals surface area contributed by atoms with Crippen LogP contribution in [0.5, 0.6) is 0 Å². The third kappa shape index (κ3) is 4.20. The zero-order chi connectivity index (χ0) is 14.4. The van der Waals surface area contributed by atoms with Crippen LogP contribution in [0.1, 0.15) is 6.42 Å². The van der Waals surface area contributed by atoms with Gasteiger partial charge in [0.05, 0.1) is 5.69 Å². The van der Waals surface area contributed by atoms with Crippen LogP contribution in [-0.2, 0) is 0 Å². The molecule has 0 aliphatic carbocycles. The number of aromatic nitrogens is 2. The van der Waals surface area contributed by atoms with Crippen LogP contribution >= 0.6 is 0 Å². The molecule has 2 N–H and O–H groups in total. The first-order valence-electron chi connectivity index (χ1n) is 6.70. The Morgan fingerprint density at radius 2 is 2.00 bits per heavy atom. The molecule has 0 unspecified atom stereocenters. The summed E-state index contributed by atoms with van der Waals surface area (Å²) < 4.78 is 0. The molecule has 0 saturated carbocycles. The largest absolute Gasteiger partial charge is 0.356 e. The van der Waals surface area contributed by atoms with Crippen molar-refractivity contribution in [3.63, 3.8) is 0 Å². The first-order chi connectivity index (χ1) is 9.65. The first kappa shape index (κ1) is 14.3. The molecule has 0 bridgehead atoms. The summed E-state index contributed by atoms with van der Waals surface area (Å²) in [6, 6.07) is 11.2. The molecule has 5 heteroatoms. The van der Waals surface area contributed by atoms with E-state index in [9.17, 15) is 4.79 Å². The summed E-state index contributed by atoms with van der Waals surface area (Å²) in [5.41, 5.74) is 1.48. The second-order valence-electron chi connectivity index (χ2n) is 4.93. The van der Waals surface area contributed by atoms with Crippen molar-refractivity contribution < 1.29 is 0 Å². The zero-order valence-corrected chi connectivity index (χ0v) is 11.9. The fourth-order valence-corrected chi connectivity index (χ4v) is 1.90. The van der Waals surface area contributed by atoms with Crippen molar-refractivity contribution in [1.29, 1.82) is 0 Å². The minimum Gasteiger partial charge on any atom is -0.356 e. The van der Waals surface area contributed by atoms with Crippen molar-refractivity contribution >= 4 is 5.95 Å². The maximum atomic E-state index is 11.7. The van der Waals surface area contributed by atoms with Crippen molar-refractivity contribution in [3.8, 4) is 11.3 Å². The molecule has 2 rings (SSSR count). The Kier molecular flexibility index (Phi) is 4.90. The Labute approximate surface area is 118 Å². The van der Waals surface area contributed by atoms with Crippen molar-refractivity contribution in [2.75, 3.05) is 32.5 Å². The Morgan fingerprint density at radius 3 is 2.70 bits per heavy atom. The number of benzene rings is 1. The molecule has 0 amide bonds. The summed E-state index contributed by atoms with van der Waals surface area (Å²) in [4.78, 5) is 21.0. The molecular formula is C15H20N4O. The molecular weight excluding hydrogens is 252 g/mol. The maximum absolute atomic E-state index is 11.7. The molecule has 0 fully saturated rings. The van der Waals surface area contributed by atoms with E-state index in [4.69, 9.17) is 0 Å². The summed E-state index contributed by atoms with van der Waals surface area (Å²) in [5.74, 6) is 0.523. The number of nitrogens with one attached hydrogen (secondary N) is 2. The Bertz CT molecular complexity index is 592. The Hall–Kier alpha value is -2.14. The highest BCUT2D eigenvalue weighted by atomic mass is 16.1. The van der Waals surface area contributed by atoms with Crippen LogP contribution in [0.25, 0.3) is 11.3 Å². The van der Waals surface area contributed by atoms with Gasteiger partial charge in [-0.3, -0.25) is 9.78 Å². The lowest BCUT2D eigenvalue weighted by Gasteiger charge is -2.10. The monoisotopic (exact) mass is 272 g/mol. The van der Waals surface area contributed by atoms with E-state index in [-0.39, 0.29) is 5.56 Å². The van der Waals surface area contributed by atoms with Crippen molar-refractivity contribution in [3.05, 3.63) is 46.8 Å². The van der Waals surface area contributed by atoms with Crippen LogP contribution in [0.4, 0.5) is 5.95 Å². The first-order valence-corrected chi connectivity index (χ1v) is 6.70. The van der Waals surface area contributed by atoms with Gasteiger partial charge in [-0.05, 0) is 27.1 Å². The number of aromatic amines is 1. The van der Waals surface area contributed by atoms with Gasteiger partial charge in [0.25, 0.3) is 5.56 Å². The molecule has 20 heavy (non-hydrogen) atoms. The molecule has 0 aliphatic rings. The van der Waals surface area contributed by atoms with Crippen LogP contribution in [-0.4, -0.2) is 42.1 Å². The minimum atomic E-state index is -0.144. The Morgan fingerprint density at radius 1 is 1.25 bits per heavy atom. The smallest absolute Gasteiger partial charge is 0.252 e. The lowest BCUT2D eigenvalue weighted by Crippen LogP contribution is -2.18. The van der Waals surface area contributed by atoms with Gasteiger partial charge in [0.15, 0.2) is 0 Å². The SMILES string of the molecule is CN(C)CCCNc1nc(-c2ccccc2)cc(=O)[nH]1. The van der Waals surface area contributed by atoms with Gasteiger partial charge in [-0.25, -0.2) is 4.98 Å². The molecule has 5 nitrogen and oxygen atoms in total. The summed E-state index contributed by atoms with van der Waals surface area (Å²) in [5, 5.41) is 3.16. The van der Waals surface area contributed by atoms with Gasteiger partial charge in [-0.2, -0.15) is 0 Å². The van der Waals surface area contributed by atoms with E-state index in [2.05, 4.69) is 20.2 Å². The highest BCUT2D eigenvalue weighted by molar-refractivity contribution is 5.59. The van der Waals surface area contributed by atoms with Gasteiger partial charge in [0.1, 0.15) is 0 Å². The molecule has 106 valence electrons. The van der Waals surface area contributed by atoms with Gasteiger partial charge in [0.2, 0.25) is 5.95 Å². The van der Waals surface area contributed by atoms with Gasteiger partial charge in [0, 0.05) is 18.2 Å². The van der Waals surface area contributed by atoms with E-state index >= 15 is 0 Å². The predicted octanol–water partition coefficient (Wildman–Crippen LogP) is 1.80. The van der Waals surface area contributed by atoms with E-state index in [1.165, 1.54) is 6.07 Å². The van der Waals surface area contributed by atoms with Gasteiger partial charge < -0.3 is 10.2 Å². The summed E-state index contributed by atoms with van der Waals surface area (Å²) in [6.07, 6.45) is 0.992. The Balaban J connectivity index is 2.07. The summed E-state index contributed by atoms with van der Waals surface area (Å²) >= 11 is 0. The van der Waals surface area contributed by atoms with E-state index in [0.29, 0.717) is 11.6 Å². The second kappa shape index (κ2) is 6.86. The number of nitrogens with zero attached hydrogens (tertiary/aromatic N) is 2. The topological polar surface area (TPSA) is 61.0 Å². The second-order valence-corrected chi connectivity index (χ2v) is 4.93. The lowest BCUT2D eigenvalue weighted by molar-refractivity contribution is 0.405. The third-order valence-electron chi connectivity index (χ3n) is 2.89. The van der Waals surface area contributed by atoms with E-state index < -0.39 is 0 Å². The average molecular weight is 272 g/mol. The minimum absolute atomic E-state index is 0.144. The molecule has 1 heterocycles. The van der Waals surface area contributed by atoms with Crippen LogP contribution in [0, 0.1) is 0 Å². The van der Waals surface area contributed by atoms with Crippen LogP contribution in [0.15, 0.2) is 41.2 Å². The number of H-pyrrole nitrogens is 1. The van der Waals surface area contributed by atoms with Crippen molar-refractivity contribution in [2.24, 2.45) is 0 Å². The van der Waals surface area contributed by atoms with Crippen molar-refractivity contribution in [1.82, 2.24) is 14.9 Å². The van der Waals surface area contributed by atoms with E-state index in [1.54, 1.807) is 0 Å². The lowest BCUT2D eigenvalue weighted by atomic mass is 10.1. The molecule has 2 aromatic rings. The average Bonchev–Trinajstić information content (AvgIpc) is 2.44. The maximum Gasteiger partial charge on any atom is 0.252 e. The number of hydrogen-bond donors (Lipinski definition) is 2. The van der Waals surface area contributed by atoms with Gasteiger partial charge >= 0.3 is 0 Å². The number of anilines is 1. The predicted molar refractivity (Wildman–Crippen MR) is 82.0 cm³/mol. The van der Waals surface area contributed by atoms with E-state index in [0.717, 1.165) is 25.1 Å². The normalized spacial score (nSPS) is 10.8. The summed E-state index contributed by atoms with van der Waals surface area (Å²) in [6.45, 7) is 1.77.